The van der Waals surface area contributed by atoms with Crippen LogP contribution in [0.4, 0.5) is 11.5 Å². The number of esters is 1. The van der Waals surface area contributed by atoms with E-state index in [1.54, 1.807) is 42.5 Å². The number of anilines is 2. The van der Waals surface area contributed by atoms with Gasteiger partial charge in [-0.25, -0.2) is 18.2 Å². The molecule has 0 amide bonds. The maximum Gasteiger partial charge on any atom is 0.340 e. The highest BCUT2D eigenvalue weighted by Crippen LogP contribution is 2.31. The predicted octanol–water partition coefficient (Wildman–Crippen LogP) is 3.16. The van der Waals surface area contributed by atoms with Crippen molar-refractivity contribution >= 4 is 27.5 Å². The molecule has 2 N–H and O–H groups in total. The zero-order valence-electron chi connectivity index (χ0n) is 14.0. The van der Waals surface area contributed by atoms with Gasteiger partial charge in [-0.1, -0.05) is 24.3 Å². The minimum atomic E-state index is -3.74. The number of aromatic nitrogens is 1. The van der Waals surface area contributed by atoms with Crippen LogP contribution < -0.4 is 10.0 Å². The molecule has 1 aliphatic rings. The summed E-state index contributed by atoms with van der Waals surface area (Å²) in [5.74, 6) is -0.143. The van der Waals surface area contributed by atoms with Crippen LogP contribution in [0.5, 0.6) is 0 Å². The highest BCUT2D eigenvalue weighted by molar-refractivity contribution is 7.92. The standard InChI is InChI=1S/C19H15N3O4S/c23-19-16-6-2-1-5-15(16)18(26-19)21-13-8-10-14(11-9-13)27(24,25)22-17-7-3-4-12-20-17/h1-12,18,21H,(H,20,22). The zero-order valence-corrected chi connectivity index (χ0v) is 14.8. The number of fused-ring (bicyclic) bond motifs is 1. The van der Waals surface area contributed by atoms with Crippen molar-refractivity contribution in [1.82, 2.24) is 4.98 Å². The Morgan fingerprint density at radius 3 is 2.41 bits per heavy atom. The van der Waals surface area contributed by atoms with E-state index in [0.29, 0.717) is 11.3 Å². The Balaban J connectivity index is 1.51. The summed E-state index contributed by atoms with van der Waals surface area (Å²) in [7, 11) is -3.74. The summed E-state index contributed by atoms with van der Waals surface area (Å²) in [5.41, 5.74) is 1.89. The Kier molecular flexibility index (Phi) is 4.25. The van der Waals surface area contributed by atoms with E-state index in [1.807, 2.05) is 12.1 Å². The summed E-state index contributed by atoms with van der Waals surface area (Å²) in [5, 5.41) is 3.09. The molecule has 0 spiro atoms. The lowest BCUT2D eigenvalue weighted by atomic mass is 10.1. The molecule has 136 valence electrons. The van der Waals surface area contributed by atoms with Gasteiger partial charge in [0.2, 0.25) is 6.23 Å². The highest BCUT2D eigenvalue weighted by atomic mass is 32.2. The van der Waals surface area contributed by atoms with Crippen LogP contribution in [0.25, 0.3) is 0 Å². The first-order valence-corrected chi connectivity index (χ1v) is 9.62. The minimum Gasteiger partial charge on any atom is -0.434 e. The van der Waals surface area contributed by atoms with E-state index < -0.39 is 16.3 Å². The number of ether oxygens (including phenoxy) is 1. The Bertz CT molecular complexity index is 1080. The number of nitrogens with one attached hydrogen (secondary N) is 2. The van der Waals surface area contributed by atoms with Crippen LogP contribution in [0.3, 0.4) is 0 Å². The summed E-state index contributed by atoms with van der Waals surface area (Å²) >= 11 is 0. The number of carbonyl (C=O) groups is 1. The van der Waals surface area contributed by atoms with Crippen LogP contribution in [-0.4, -0.2) is 19.4 Å². The van der Waals surface area contributed by atoms with E-state index in [1.165, 1.54) is 18.3 Å². The number of hydrogen-bond donors (Lipinski definition) is 2. The molecule has 1 unspecified atom stereocenters. The van der Waals surface area contributed by atoms with Crippen LogP contribution in [0.15, 0.2) is 77.8 Å². The molecule has 0 saturated heterocycles. The van der Waals surface area contributed by atoms with Gasteiger partial charge in [0.1, 0.15) is 5.82 Å². The molecule has 0 fully saturated rings. The Labute approximate surface area is 156 Å². The molecule has 0 saturated carbocycles. The fourth-order valence-corrected chi connectivity index (χ4v) is 3.76. The summed E-state index contributed by atoms with van der Waals surface area (Å²) < 4.78 is 32.6. The van der Waals surface area contributed by atoms with Gasteiger partial charge in [0, 0.05) is 17.4 Å². The maximum atomic E-state index is 12.4. The van der Waals surface area contributed by atoms with E-state index in [-0.39, 0.29) is 16.7 Å². The molecule has 0 radical (unpaired) electrons. The van der Waals surface area contributed by atoms with Gasteiger partial charge in [0.15, 0.2) is 0 Å². The molecular weight excluding hydrogens is 366 g/mol. The summed E-state index contributed by atoms with van der Waals surface area (Å²) in [6.07, 6.45) is 0.897. The van der Waals surface area contributed by atoms with Crippen molar-refractivity contribution in [2.75, 3.05) is 10.0 Å². The number of pyridine rings is 1. The smallest absolute Gasteiger partial charge is 0.340 e. The van der Waals surface area contributed by atoms with Crippen molar-refractivity contribution in [2.45, 2.75) is 11.1 Å². The Hall–Kier alpha value is -3.39. The first-order valence-electron chi connectivity index (χ1n) is 8.13. The lowest BCUT2D eigenvalue weighted by Gasteiger charge is -2.15. The van der Waals surface area contributed by atoms with Crippen molar-refractivity contribution in [1.29, 1.82) is 0 Å². The normalized spacial score (nSPS) is 15.7. The van der Waals surface area contributed by atoms with Gasteiger partial charge < -0.3 is 10.1 Å². The number of sulfonamides is 1. The van der Waals surface area contributed by atoms with Gasteiger partial charge in [0.25, 0.3) is 10.0 Å². The number of hydrogen-bond acceptors (Lipinski definition) is 6. The first-order chi connectivity index (χ1) is 13.0. The molecule has 2 aromatic carbocycles. The third kappa shape index (κ3) is 3.47. The summed E-state index contributed by atoms with van der Waals surface area (Å²) in [6.45, 7) is 0. The number of rotatable bonds is 5. The number of carbonyl (C=O) groups excluding carboxylic acids is 1. The second kappa shape index (κ2) is 6.73. The summed E-state index contributed by atoms with van der Waals surface area (Å²) in [4.78, 5) is 15.9. The van der Waals surface area contributed by atoms with Crippen molar-refractivity contribution < 1.29 is 17.9 Å². The van der Waals surface area contributed by atoms with Crippen molar-refractivity contribution in [3.63, 3.8) is 0 Å². The van der Waals surface area contributed by atoms with Gasteiger partial charge in [-0.15, -0.1) is 0 Å². The fourth-order valence-electron chi connectivity index (χ4n) is 2.75. The fraction of sp³-hybridized carbons (Fsp3) is 0.0526. The molecule has 3 aromatic rings. The molecule has 1 atom stereocenters. The van der Waals surface area contributed by atoms with Crippen LogP contribution in [0.1, 0.15) is 22.1 Å². The second-order valence-electron chi connectivity index (χ2n) is 5.86. The van der Waals surface area contributed by atoms with Gasteiger partial charge in [0.05, 0.1) is 10.5 Å². The highest BCUT2D eigenvalue weighted by Gasteiger charge is 2.30. The van der Waals surface area contributed by atoms with Crippen LogP contribution >= 0.6 is 0 Å². The Morgan fingerprint density at radius 1 is 0.926 bits per heavy atom. The quantitative estimate of drug-likeness (QED) is 0.659. The topological polar surface area (TPSA) is 97.4 Å². The average molecular weight is 381 g/mol. The van der Waals surface area contributed by atoms with Crippen LogP contribution in [0, 0.1) is 0 Å². The summed E-state index contributed by atoms with van der Waals surface area (Å²) in [6, 6.07) is 18.2. The molecule has 0 aliphatic carbocycles. The molecule has 4 rings (SSSR count). The predicted molar refractivity (Wildman–Crippen MR) is 99.7 cm³/mol. The van der Waals surface area contributed by atoms with E-state index in [4.69, 9.17) is 4.74 Å². The van der Waals surface area contributed by atoms with E-state index >= 15 is 0 Å². The molecule has 27 heavy (non-hydrogen) atoms. The van der Waals surface area contributed by atoms with E-state index in [0.717, 1.165) is 5.56 Å². The van der Waals surface area contributed by atoms with Crippen molar-refractivity contribution in [3.8, 4) is 0 Å². The molecular formula is C19H15N3O4S. The second-order valence-corrected chi connectivity index (χ2v) is 7.54. The largest absolute Gasteiger partial charge is 0.434 e. The Morgan fingerprint density at radius 2 is 1.67 bits per heavy atom. The SMILES string of the molecule is O=C1OC(Nc2ccc(S(=O)(=O)Nc3ccccn3)cc2)c2ccccc21. The maximum absolute atomic E-state index is 12.4. The monoisotopic (exact) mass is 381 g/mol. The average Bonchev–Trinajstić information content (AvgIpc) is 2.99. The molecule has 7 nitrogen and oxygen atoms in total. The van der Waals surface area contributed by atoms with Gasteiger partial charge in [-0.2, -0.15) is 0 Å². The molecule has 1 aliphatic heterocycles. The lowest BCUT2D eigenvalue weighted by molar-refractivity contribution is 0.0437. The number of cyclic esters (lactones) is 1. The lowest BCUT2D eigenvalue weighted by Crippen LogP contribution is -2.14. The third-order valence-electron chi connectivity index (χ3n) is 4.05. The molecule has 1 aromatic heterocycles. The first kappa shape index (κ1) is 17.0. The molecule has 8 heteroatoms. The zero-order chi connectivity index (χ0) is 18.9. The number of nitrogens with zero attached hydrogens (tertiary/aromatic N) is 1. The van der Waals surface area contributed by atoms with Crippen molar-refractivity contribution in [2.24, 2.45) is 0 Å². The van der Waals surface area contributed by atoms with Gasteiger partial charge in [-0.05, 0) is 42.5 Å². The third-order valence-corrected chi connectivity index (χ3v) is 5.42. The molecule has 0 bridgehead atoms. The van der Waals surface area contributed by atoms with E-state index in [9.17, 15) is 13.2 Å². The van der Waals surface area contributed by atoms with Crippen LogP contribution in [-0.2, 0) is 14.8 Å². The van der Waals surface area contributed by atoms with Gasteiger partial charge in [-0.3, -0.25) is 4.72 Å². The van der Waals surface area contributed by atoms with Crippen LogP contribution in [0.2, 0.25) is 0 Å². The van der Waals surface area contributed by atoms with E-state index in [2.05, 4.69) is 15.0 Å². The minimum absolute atomic E-state index is 0.0996. The van der Waals surface area contributed by atoms with Gasteiger partial charge >= 0.3 is 5.97 Å². The van der Waals surface area contributed by atoms with Crippen molar-refractivity contribution in [3.05, 3.63) is 84.1 Å². The molecule has 2 heterocycles. The number of benzene rings is 2.